The van der Waals surface area contributed by atoms with E-state index in [4.69, 9.17) is 5.11 Å². The van der Waals surface area contributed by atoms with E-state index in [0.717, 1.165) is 5.75 Å². The highest BCUT2D eigenvalue weighted by Crippen LogP contribution is 2.14. The maximum absolute atomic E-state index is 12.1. The van der Waals surface area contributed by atoms with Gasteiger partial charge in [-0.2, -0.15) is 11.8 Å². The van der Waals surface area contributed by atoms with Gasteiger partial charge >= 0.3 is 12.0 Å². The molecule has 2 amide bonds. The Morgan fingerprint density at radius 3 is 2.33 bits per heavy atom. The molecule has 0 saturated carbocycles. The van der Waals surface area contributed by atoms with Crippen LogP contribution in [0.3, 0.4) is 0 Å². The Bertz CT molecular complexity index is 290. The zero-order valence-electron chi connectivity index (χ0n) is 11.8. The molecule has 0 spiro atoms. The number of amides is 2. The molecule has 18 heavy (non-hydrogen) atoms. The Balaban J connectivity index is 4.55. The lowest BCUT2D eigenvalue weighted by Crippen LogP contribution is -2.53. The van der Waals surface area contributed by atoms with E-state index in [0.29, 0.717) is 0 Å². The molecule has 0 aliphatic heterocycles. The molecule has 0 heterocycles. The summed E-state index contributed by atoms with van der Waals surface area (Å²) in [6.45, 7) is 7.85. The van der Waals surface area contributed by atoms with Crippen LogP contribution in [0.2, 0.25) is 0 Å². The predicted molar refractivity (Wildman–Crippen MR) is 75.1 cm³/mol. The number of hydrogen-bond donors (Lipinski definition) is 2. The summed E-state index contributed by atoms with van der Waals surface area (Å²) in [5, 5.41) is 11.6. The van der Waals surface area contributed by atoms with Crippen molar-refractivity contribution in [2.75, 3.05) is 18.6 Å². The summed E-state index contributed by atoms with van der Waals surface area (Å²) < 4.78 is 0. The second-order valence-corrected chi connectivity index (χ2v) is 6.18. The first-order chi connectivity index (χ1) is 8.18. The predicted octanol–water partition coefficient (Wildman–Crippen LogP) is 2.02. The van der Waals surface area contributed by atoms with E-state index in [9.17, 15) is 9.59 Å². The Morgan fingerprint density at radius 2 is 1.94 bits per heavy atom. The average molecular weight is 276 g/mol. The van der Waals surface area contributed by atoms with Crippen LogP contribution in [-0.2, 0) is 4.79 Å². The standard InChI is InChI=1S/C12H24N2O3S/c1-9(8-18-5)13-11(17)14(12(2,3)4)7-6-10(15)16/h9H,6-8H2,1-5H3,(H,13,17)(H,15,16). The van der Waals surface area contributed by atoms with Gasteiger partial charge < -0.3 is 15.3 Å². The minimum Gasteiger partial charge on any atom is -0.481 e. The molecule has 0 fully saturated rings. The van der Waals surface area contributed by atoms with E-state index in [1.807, 2.05) is 34.0 Å². The van der Waals surface area contributed by atoms with Gasteiger partial charge in [-0.05, 0) is 34.0 Å². The van der Waals surface area contributed by atoms with E-state index in [-0.39, 0.29) is 25.0 Å². The molecule has 0 aliphatic carbocycles. The Kier molecular flexibility index (Phi) is 7.13. The molecule has 0 aromatic heterocycles. The zero-order chi connectivity index (χ0) is 14.3. The zero-order valence-corrected chi connectivity index (χ0v) is 12.6. The minimum absolute atomic E-state index is 0.0401. The Labute approximate surface area is 113 Å². The fourth-order valence-corrected chi connectivity index (χ4v) is 2.11. The largest absolute Gasteiger partial charge is 0.481 e. The van der Waals surface area contributed by atoms with Gasteiger partial charge in [0.2, 0.25) is 0 Å². The van der Waals surface area contributed by atoms with Crippen LogP contribution in [0.25, 0.3) is 0 Å². The van der Waals surface area contributed by atoms with E-state index < -0.39 is 11.5 Å². The van der Waals surface area contributed by atoms with Crippen LogP contribution in [0.5, 0.6) is 0 Å². The van der Waals surface area contributed by atoms with Crippen molar-refractivity contribution in [2.45, 2.75) is 45.7 Å². The van der Waals surface area contributed by atoms with Crippen molar-refractivity contribution in [1.29, 1.82) is 0 Å². The van der Waals surface area contributed by atoms with E-state index in [1.54, 1.807) is 16.7 Å². The first-order valence-electron chi connectivity index (χ1n) is 5.97. The maximum atomic E-state index is 12.1. The molecule has 106 valence electrons. The molecule has 0 aliphatic rings. The van der Waals surface area contributed by atoms with Gasteiger partial charge in [0.05, 0.1) is 6.42 Å². The van der Waals surface area contributed by atoms with Crippen molar-refractivity contribution in [3.8, 4) is 0 Å². The normalized spacial score (nSPS) is 12.9. The molecule has 0 aromatic rings. The van der Waals surface area contributed by atoms with Gasteiger partial charge in [-0.25, -0.2) is 4.79 Å². The molecule has 0 radical (unpaired) electrons. The average Bonchev–Trinajstić information content (AvgIpc) is 2.14. The van der Waals surface area contributed by atoms with Crippen molar-refractivity contribution in [3.05, 3.63) is 0 Å². The second kappa shape index (κ2) is 7.51. The molecule has 0 rings (SSSR count). The summed E-state index contributed by atoms with van der Waals surface area (Å²) in [5.74, 6) is -0.0583. The molecule has 6 heteroatoms. The highest BCUT2D eigenvalue weighted by Gasteiger charge is 2.27. The number of hydrogen-bond acceptors (Lipinski definition) is 3. The summed E-state index contributed by atoms with van der Waals surface area (Å²) in [4.78, 5) is 24.3. The van der Waals surface area contributed by atoms with Gasteiger partial charge in [0.15, 0.2) is 0 Å². The van der Waals surface area contributed by atoms with Crippen LogP contribution in [0.4, 0.5) is 4.79 Å². The highest BCUT2D eigenvalue weighted by atomic mass is 32.2. The molecule has 1 unspecified atom stereocenters. The van der Waals surface area contributed by atoms with Crippen LogP contribution in [-0.4, -0.2) is 52.1 Å². The van der Waals surface area contributed by atoms with Crippen LogP contribution >= 0.6 is 11.8 Å². The smallest absolute Gasteiger partial charge is 0.318 e. The van der Waals surface area contributed by atoms with Gasteiger partial charge in [-0.15, -0.1) is 0 Å². The second-order valence-electron chi connectivity index (χ2n) is 5.27. The fraction of sp³-hybridized carbons (Fsp3) is 0.833. The Hall–Kier alpha value is -0.910. The number of carbonyl (C=O) groups excluding carboxylic acids is 1. The monoisotopic (exact) mass is 276 g/mol. The van der Waals surface area contributed by atoms with Gasteiger partial charge in [-0.3, -0.25) is 4.79 Å². The van der Waals surface area contributed by atoms with Gasteiger partial charge in [0.1, 0.15) is 0 Å². The third-order valence-corrected chi connectivity index (χ3v) is 3.22. The number of carbonyl (C=O) groups is 2. The molecular weight excluding hydrogens is 252 g/mol. The highest BCUT2D eigenvalue weighted by molar-refractivity contribution is 7.98. The number of carboxylic acids is 1. The molecule has 1 atom stereocenters. The lowest BCUT2D eigenvalue weighted by Gasteiger charge is -2.36. The number of urea groups is 1. The third kappa shape index (κ3) is 6.74. The molecule has 2 N–H and O–H groups in total. The maximum Gasteiger partial charge on any atom is 0.318 e. The van der Waals surface area contributed by atoms with E-state index >= 15 is 0 Å². The quantitative estimate of drug-likeness (QED) is 0.778. The van der Waals surface area contributed by atoms with Crippen molar-refractivity contribution >= 4 is 23.8 Å². The fourth-order valence-electron chi connectivity index (χ4n) is 1.53. The lowest BCUT2D eigenvalue weighted by molar-refractivity contribution is -0.137. The third-order valence-electron chi connectivity index (χ3n) is 2.39. The van der Waals surface area contributed by atoms with E-state index in [1.165, 1.54) is 0 Å². The van der Waals surface area contributed by atoms with Crippen LogP contribution in [0.1, 0.15) is 34.1 Å². The molecule has 0 bridgehead atoms. The summed E-state index contributed by atoms with van der Waals surface area (Å²) in [7, 11) is 0. The summed E-state index contributed by atoms with van der Waals surface area (Å²) in [6, 6.07) is -0.132. The lowest BCUT2D eigenvalue weighted by atomic mass is 10.1. The summed E-state index contributed by atoms with van der Waals surface area (Å²) in [5.41, 5.74) is -0.390. The topological polar surface area (TPSA) is 69.6 Å². The molecule has 5 nitrogen and oxygen atoms in total. The van der Waals surface area contributed by atoms with Crippen LogP contribution in [0, 0.1) is 0 Å². The summed E-state index contributed by atoms with van der Waals surface area (Å²) in [6.07, 6.45) is 1.94. The SMILES string of the molecule is CSCC(C)NC(=O)N(CCC(=O)O)C(C)(C)C. The van der Waals surface area contributed by atoms with E-state index in [2.05, 4.69) is 5.32 Å². The Morgan fingerprint density at radius 1 is 1.39 bits per heavy atom. The van der Waals surface area contributed by atoms with Gasteiger partial charge in [-0.1, -0.05) is 0 Å². The van der Waals surface area contributed by atoms with Crippen LogP contribution < -0.4 is 5.32 Å². The van der Waals surface area contributed by atoms with Crippen molar-refractivity contribution in [2.24, 2.45) is 0 Å². The number of aliphatic carboxylic acids is 1. The van der Waals surface area contributed by atoms with Gasteiger partial charge in [0.25, 0.3) is 0 Å². The molecular formula is C12H24N2O3S. The van der Waals surface area contributed by atoms with Gasteiger partial charge in [0, 0.05) is 23.9 Å². The number of nitrogens with one attached hydrogen (secondary N) is 1. The van der Waals surface area contributed by atoms with Crippen molar-refractivity contribution in [3.63, 3.8) is 0 Å². The summed E-state index contributed by atoms with van der Waals surface area (Å²) >= 11 is 1.66. The molecule has 0 saturated heterocycles. The number of thioether (sulfide) groups is 1. The molecule has 0 aromatic carbocycles. The van der Waals surface area contributed by atoms with Crippen LogP contribution in [0.15, 0.2) is 0 Å². The minimum atomic E-state index is -0.894. The number of carboxylic acid groups (broad SMARTS) is 1. The number of rotatable bonds is 6. The van der Waals surface area contributed by atoms with Crippen molar-refractivity contribution in [1.82, 2.24) is 10.2 Å². The first-order valence-corrected chi connectivity index (χ1v) is 7.36. The first kappa shape index (κ1) is 17.1. The number of nitrogens with zero attached hydrogens (tertiary/aromatic N) is 1. The van der Waals surface area contributed by atoms with Crippen molar-refractivity contribution < 1.29 is 14.7 Å².